The lowest BCUT2D eigenvalue weighted by Crippen LogP contribution is -2.44. The monoisotopic (exact) mass is 811 g/mol. The van der Waals surface area contributed by atoms with Crippen LogP contribution in [0.4, 0.5) is 0 Å². The highest BCUT2D eigenvalue weighted by Crippen LogP contribution is 2.31. The Morgan fingerprint density at radius 3 is 1.53 bits per heavy atom. The maximum atomic E-state index is 14.1. The fraction of sp³-hybridized carbons (Fsp3) is 0.628. The zero-order chi connectivity index (χ0) is 42.5. The number of likely N-dealkylation sites (N-methyl/N-ethyl adjacent to an activating group) is 2. The summed E-state index contributed by atoms with van der Waals surface area (Å²) in [5.41, 5.74) is 13.5. The quantitative estimate of drug-likeness (QED) is 0.0762. The molecule has 2 aromatic carbocycles. The van der Waals surface area contributed by atoms with Crippen LogP contribution in [0.1, 0.15) is 118 Å². The second kappa shape index (κ2) is 25.8. The lowest BCUT2D eigenvalue weighted by molar-refractivity contribution is 0.0886. The van der Waals surface area contributed by atoms with Crippen LogP contribution in [0.5, 0.6) is 17.2 Å². The van der Waals surface area contributed by atoms with Crippen LogP contribution in [0.3, 0.4) is 0 Å². The number of rotatable bonds is 26. The van der Waals surface area contributed by atoms with Crippen LogP contribution >= 0.6 is 0 Å². The molecular weight excluding hydrogens is 741 g/mol. The van der Waals surface area contributed by atoms with Crippen molar-refractivity contribution in [2.24, 2.45) is 11.5 Å². The molecule has 0 saturated heterocycles. The molecule has 58 heavy (non-hydrogen) atoms. The van der Waals surface area contributed by atoms with Gasteiger partial charge in [0, 0.05) is 49.9 Å². The number of benzene rings is 2. The molecule has 0 bridgehead atoms. The number of ether oxygens (including phenoxy) is 3. The molecular formula is C43H70N8O7. The third-order valence-corrected chi connectivity index (χ3v) is 10.3. The highest BCUT2D eigenvalue weighted by molar-refractivity contribution is 6.04. The molecule has 0 aromatic heterocycles. The number of carbonyl (C=O) groups is 4. The molecule has 8 N–H and O–H groups in total. The molecule has 1 aliphatic rings. The van der Waals surface area contributed by atoms with Gasteiger partial charge < -0.3 is 56.7 Å². The van der Waals surface area contributed by atoms with Gasteiger partial charge in [-0.2, -0.15) is 0 Å². The topological polar surface area (TPSA) is 203 Å². The number of nitrogens with zero attached hydrogens (tertiary/aromatic N) is 2. The van der Waals surface area contributed by atoms with Crippen LogP contribution in [-0.2, 0) is 6.42 Å². The van der Waals surface area contributed by atoms with Crippen LogP contribution in [-0.4, -0.2) is 134 Å². The molecule has 324 valence electrons. The lowest BCUT2D eigenvalue weighted by Gasteiger charge is -2.30. The second-order valence-corrected chi connectivity index (χ2v) is 15.5. The molecule has 15 heteroatoms. The van der Waals surface area contributed by atoms with Crippen molar-refractivity contribution in [3.05, 3.63) is 52.1 Å². The van der Waals surface area contributed by atoms with Gasteiger partial charge in [0.1, 0.15) is 17.2 Å². The average molecular weight is 811 g/mol. The third-order valence-electron chi connectivity index (χ3n) is 10.3. The van der Waals surface area contributed by atoms with E-state index in [1.54, 1.807) is 12.1 Å². The smallest absolute Gasteiger partial charge is 0.255 e. The van der Waals surface area contributed by atoms with Crippen molar-refractivity contribution in [3.8, 4) is 17.2 Å². The van der Waals surface area contributed by atoms with Crippen molar-refractivity contribution in [2.45, 2.75) is 89.1 Å². The maximum Gasteiger partial charge on any atom is 0.255 e. The average Bonchev–Trinajstić information content (AvgIpc) is 3.20. The number of nitrogens with one attached hydrogen (secondary N) is 4. The maximum absolute atomic E-state index is 14.1. The number of amides is 4. The fourth-order valence-electron chi connectivity index (χ4n) is 6.89. The van der Waals surface area contributed by atoms with E-state index < -0.39 is 0 Å². The van der Waals surface area contributed by atoms with Crippen molar-refractivity contribution in [2.75, 3.05) is 88.3 Å². The molecule has 0 spiro atoms. The van der Waals surface area contributed by atoms with Gasteiger partial charge in [0.25, 0.3) is 23.6 Å². The van der Waals surface area contributed by atoms with Crippen molar-refractivity contribution in [1.29, 1.82) is 0 Å². The summed E-state index contributed by atoms with van der Waals surface area (Å²) in [6, 6.07) is 6.32. The zero-order valence-electron chi connectivity index (χ0n) is 35.8. The zero-order valence-corrected chi connectivity index (χ0v) is 35.8. The van der Waals surface area contributed by atoms with Crippen LogP contribution in [0, 0.1) is 0 Å². The van der Waals surface area contributed by atoms with Gasteiger partial charge in [-0.05, 0) is 129 Å². The number of carbonyl (C=O) groups excluding carboxylic acids is 4. The summed E-state index contributed by atoms with van der Waals surface area (Å²) < 4.78 is 17.2. The van der Waals surface area contributed by atoms with E-state index in [2.05, 4.69) is 21.3 Å². The predicted molar refractivity (Wildman–Crippen MR) is 228 cm³/mol. The molecule has 0 radical (unpaired) electrons. The molecule has 0 aliphatic heterocycles. The normalized spacial score (nSPS) is 15.2. The van der Waals surface area contributed by atoms with E-state index in [-0.39, 0.29) is 46.8 Å². The Morgan fingerprint density at radius 2 is 1.03 bits per heavy atom. The second-order valence-electron chi connectivity index (χ2n) is 15.5. The van der Waals surface area contributed by atoms with Crippen LogP contribution < -0.4 is 46.9 Å². The van der Waals surface area contributed by atoms with Gasteiger partial charge >= 0.3 is 0 Å². The summed E-state index contributed by atoms with van der Waals surface area (Å²) in [5, 5.41) is 12.2. The minimum absolute atomic E-state index is 0.148. The lowest BCUT2D eigenvalue weighted by atomic mass is 9.90. The van der Waals surface area contributed by atoms with E-state index in [0.717, 1.165) is 50.5 Å². The van der Waals surface area contributed by atoms with Crippen LogP contribution in [0.15, 0.2) is 24.3 Å². The summed E-state index contributed by atoms with van der Waals surface area (Å²) in [4.78, 5) is 58.3. The highest BCUT2D eigenvalue weighted by Gasteiger charge is 2.28. The molecule has 4 amide bonds. The van der Waals surface area contributed by atoms with E-state index in [1.165, 1.54) is 20.3 Å². The van der Waals surface area contributed by atoms with E-state index >= 15 is 0 Å². The number of unbranched alkanes of at least 4 members (excludes halogenated alkanes) is 5. The number of methoxy groups -OCH3 is 2. The Hall–Kier alpha value is -4.44. The van der Waals surface area contributed by atoms with Crippen LogP contribution in [0.25, 0.3) is 0 Å². The standard InChI is InChI=1S/C43H70N8O7/c1-50(2)23-21-46-40(52)33-27-36(39(58-25-13-9-12-20-45)26-30(33)14-10-7-8-11-19-44)43(55)49-32-17-15-31(16-18-32)48-42(54)35-28-34(37(56-5)29-38(35)57-6)41(53)47-22-24-51(3)4/h26-29,31-32H,7-25,44-45H2,1-6H3,(H,46,52)(H,47,53)(H,48,54)(H,49,55)/t31-,32-. The number of aryl methyl sites for hydroxylation is 1. The van der Waals surface area contributed by atoms with Gasteiger partial charge in [-0.15, -0.1) is 0 Å². The van der Waals surface area contributed by atoms with Gasteiger partial charge in [-0.3, -0.25) is 19.2 Å². The molecule has 1 fully saturated rings. The highest BCUT2D eigenvalue weighted by atomic mass is 16.5. The summed E-state index contributed by atoms with van der Waals surface area (Å²) in [7, 11) is 10.7. The van der Waals surface area contributed by atoms with Crippen molar-refractivity contribution < 1.29 is 33.4 Å². The van der Waals surface area contributed by atoms with Crippen molar-refractivity contribution in [1.82, 2.24) is 31.1 Å². The fourth-order valence-corrected chi connectivity index (χ4v) is 6.89. The molecule has 3 rings (SSSR count). The summed E-state index contributed by atoms with van der Waals surface area (Å²) in [6.45, 7) is 3.94. The molecule has 0 unspecified atom stereocenters. The van der Waals surface area contributed by atoms with E-state index in [1.807, 2.05) is 44.1 Å². The Labute approximate surface area is 345 Å². The van der Waals surface area contributed by atoms with E-state index in [4.69, 9.17) is 25.7 Å². The molecule has 2 aromatic rings. The molecule has 15 nitrogen and oxygen atoms in total. The summed E-state index contributed by atoms with van der Waals surface area (Å²) in [6.07, 6.45) is 9.64. The predicted octanol–water partition coefficient (Wildman–Crippen LogP) is 3.33. The molecule has 0 heterocycles. The van der Waals surface area contributed by atoms with Crippen molar-refractivity contribution >= 4 is 23.6 Å². The van der Waals surface area contributed by atoms with E-state index in [0.29, 0.717) is 106 Å². The van der Waals surface area contributed by atoms with Gasteiger partial charge in [-0.1, -0.05) is 12.8 Å². The van der Waals surface area contributed by atoms with E-state index in [9.17, 15) is 19.2 Å². The largest absolute Gasteiger partial charge is 0.496 e. The minimum atomic E-state index is -0.363. The van der Waals surface area contributed by atoms with Crippen molar-refractivity contribution in [3.63, 3.8) is 0 Å². The summed E-state index contributed by atoms with van der Waals surface area (Å²) >= 11 is 0. The first-order chi connectivity index (χ1) is 27.9. The third kappa shape index (κ3) is 15.7. The Balaban J connectivity index is 1.76. The molecule has 0 atom stereocenters. The van der Waals surface area contributed by atoms with Gasteiger partial charge in [0.15, 0.2) is 0 Å². The number of hydrogen-bond acceptors (Lipinski definition) is 11. The van der Waals surface area contributed by atoms with Gasteiger partial charge in [0.05, 0.1) is 37.5 Å². The number of nitrogens with two attached hydrogens (primary N) is 2. The first-order valence-corrected chi connectivity index (χ1v) is 20.9. The molecule has 1 saturated carbocycles. The molecule has 1 aliphatic carbocycles. The first-order valence-electron chi connectivity index (χ1n) is 20.9. The van der Waals surface area contributed by atoms with Crippen LogP contribution in [0.2, 0.25) is 0 Å². The van der Waals surface area contributed by atoms with Gasteiger partial charge in [0.2, 0.25) is 0 Å². The SMILES string of the molecule is COc1cc(OC)c(C(=O)N[C@H]2CC[C@H](NC(=O)c3cc(C(=O)NCCN(C)C)c(CCCCCCN)cc3OCCCCCN)CC2)cc1C(=O)NCCN(C)C. The Kier molecular flexibility index (Phi) is 21.3. The number of hydrogen-bond donors (Lipinski definition) is 6. The Bertz CT molecular complexity index is 1610. The first kappa shape index (κ1) is 47.9. The van der Waals surface area contributed by atoms with Gasteiger partial charge in [-0.25, -0.2) is 0 Å². The summed E-state index contributed by atoms with van der Waals surface area (Å²) in [5.74, 6) is -0.176. The Morgan fingerprint density at radius 1 is 0.586 bits per heavy atom. The minimum Gasteiger partial charge on any atom is -0.496 e.